The average Bonchev–Trinajstić information content (AvgIpc) is 2.50. The smallest absolute Gasteiger partial charge is 0.127 e. The van der Waals surface area contributed by atoms with E-state index in [9.17, 15) is 0 Å². The molecule has 1 saturated carbocycles. The molecule has 1 aliphatic carbocycles. The van der Waals surface area contributed by atoms with Crippen LogP contribution in [0.25, 0.3) is 10.8 Å². The van der Waals surface area contributed by atoms with Crippen LogP contribution in [0.2, 0.25) is 0 Å². The number of ether oxygens (including phenoxy) is 1. The zero-order valence-electron chi connectivity index (χ0n) is 12.1. The van der Waals surface area contributed by atoms with Gasteiger partial charge in [-0.1, -0.05) is 37.3 Å². The Hall–Kier alpha value is -1.54. The maximum atomic E-state index is 6.28. The van der Waals surface area contributed by atoms with Crippen LogP contribution in [0.4, 0.5) is 0 Å². The van der Waals surface area contributed by atoms with Crippen molar-refractivity contribution in [2.45, 2.75) is 45.3 Å². The van der Waals surface area contributed by atoms with Crippen LogP contribution >= 0.6 is 0 Å². The second-order valence-corrected chi connectivity index (χ2v) is 5.97. The summed E-state index contributed by atoms with van der Waals surface area (Å²) in [5.41, 5.74) is 7.01. The Kier molecular flexibility index (Phi) is 3.93. The number of nitrogens with two attached hydrogens (primary N) is 1. The van der Waals surface area contributed by atoms with Crippen LogP contribution in [0.15, 0.2) is 36.4 Å². The van der Waals surface area contributed by atoms with Gasteiger partial charge in [-0.2, -0.15) is 0 Å². The zero-order valence-corrected chi connectivity index (χ0v) is 12.1. The molecule has 0 saturated heterocycles. The first kappa shape index (κ1) is 13.4. The molecular formula is C18H23NO. The first-order chi connectivity index (χ1) is 9.78. The fraction of sp³-hybridized carbons (Fsp3) is 0.444. The lowest BCUT2D eigenvalue weighted by atomic mass is 9.89. The molecule has 1 aliphatic rings. The molecule has 0 heterocycles. The van der Waals surface area contributed by atoms with Crippen LogP contribution in [-0.4, -0.2) is 6.10 Å². The number of hydrogen-bond acceptors (Lipinski definition) is 2. The van der Waals surface area contributed by atoms with Gasteiger partial charge < -0.3 is 10.5 Å². The first-order valence-corrected chi connectivity index (χ1v) is 7.65. The van der Waals surface area contributed by atoms with E-state index in [0.29, 0.717) is 12.6 Å². The van der Waals surface area contributed by atoms with Gasteiger partial charge in [0.2, 0.25) is 0 Å². The average molecular weight is 269 g/mol. The predicted octanol–water partition coefficient (Wildman–Crippen LogP) is 4.26. The minimum absolute atomic E-state index is 0.373. The fourth-order valence-electron chi connectivity index (χ4n) is 3.14. The molecule has 1 fully saturated rings. The standard InChI is InChI=1S/C18H23NO/c1-13-6-9-15(10-7-13)20-18-11-8-14(12-19)16-4-2-3-5-17(16)18/h2-5,8,11,13,15H,6-7,9-10,12,19H2,1H3. The van der Waals surface area contributed by atoms with Crippen molar-refractivity contribution in [2.75, 3.05) is 0 Å². The van der Waals surface area contributed by atoms with Gasteiger partial charge in [0.25, 0.3) is 0 Å². The molecule has 0 unspecified atom stereocenters. The molecule has 0 amide bonds. The second kappa shape index (κ2) is 5.84. The van der Waals surface area contributed by atoms with E-state index >= 15 is 0 Å². The van der Waals surface area contributed by atoms with E-state index < -0.39 is 0 Å². The summed E-state index contributed by atoms with van der Waals surface area (Å²) in [5, 5.41) is 2.41. The number of hydrogen-bond donors (Lipinski definition) is 1. The Morgan fingerprint density at radius 3 is 2.40 bits per heavy atom. The zero-order chi connectivity index (χ0) is 13.9. The third-order valence-electron chi connectivity index (χ3n) is 4.45. The summed E-state index contributed by atoms with van der Waals surface area (Å²) in [6.45, 7) is 2.91. The van der Waals surface area contributed by atoms with E-state index in [1.165, 1.54) is 42.0 Å². The Morgan fingerprint density at radius 1 is 1.00 bits per heavy atom. The third kappa shape index (κ3) is 2.66. The van der Waals surface area contributed by atoms with E-state index in [0.717, 1.165) is 11.7 Å². The van der Waals surface area contributed by atoms with Crippen molar-refractivity contribution in [2.24, 2.45) is 11.7 Å². The quantitative estimate of drug-likeness (QED) is 0.903. The van der Waals surface area contributed by atoms with Crippen molar-refractivity contribution >= 4 is 10.8 Å². The monoisotopic (exact) mass is 269 g/mol. The normalized spacial score (nSPS) is 22.9. The molecule has 0 aromatic heterocycles. The van der Waals surface area contributed by atoms with Crippen LogP contribution in [0, 0.1) is 5.92 Å². The van der Waals surface area contributed by atoms with Gasteiger partial charge in [-0.15, -0.1) is 0 Å². The summed E-state index contributed by atoms with van der Waals surface area (Å²) in [4.78, 5) is 0. The van der Waals surface area contributed by atoms with Gasteiger partial charge in [0.05, 0.1) is 6.10 Å². The van der Waals surface area contributed by atoms with Gasteiger partial charge in [-0.25, -0.2) is 0 Å². The molecule has 0 aliphatic heterocycles. The Balaban J connectivity index is 1.88. The highest BCUT2D eigenvalue weighted by Gasteiger charge is 2.20. The maximum absolute atomic E-state index is 6.28. The minimum atomic E-state index is 0.373. The molecule has 0 atom stereocenters. The summed E-state index contributed by atoms with van der Waals surface area (Å²) in [6, 6.07) is 12.6. The lowest BCUT2D eigenvalue weighted by Gasteiger charge is -2.27. The van der Waals surface area contributed by atoms with Crippen molar-refractivity contribution in [1.82, 2.24) is 0 Å². The molecule has 3 rings (SSSR count). The molecule has 2 aromatic rings. The van der Waals surface area contributed by atoms with Crippen molar-refractivity contribution < 1.29 is 4.74 Å². The van der Waals surface area contributed by atoms with Gasteiger partial charge in [0, 0.05) is 11.9 Å². The highest BCUT2D eigenvalue weighted by molar-refractivity contribution is 5.91. The van der Waals surface area contributed by atoms with E-state index in [1.54, 1.807) is 0 Å². The Morgan fingerprint density at radius 2 is 1.70 bits per heavy atom. The van der Waals surface area contributed by atoms with Crippen molar-refractivity contribution in [1.29, 1.82) is 0 Å². The van der Waals surface area contributed by atoms with Crippen LogP contribution in [-0.2, 0) is 6.54 Å². The second-order valence-electron chi connectivity index (χ2n) is 5.97. The minimum Gasteiger partial charge on any atom is -0.490 e. The van der Waals surface area contributed by atoms with E-state index in [4.69, 9.17) is 10.5 Å². The first-order valence-electron chi connectivity index (χ1n) is 7.65. The molecule has 0 bridgehead atoms. The lowest BCUT2D eigenvalue weighted by Crippen LogP contribution is -2.23. The van der Waals surface area contributed by atoms with Crippen LogP contribution in [0.3, 0.4) is 0 Å². The highest BCUT2D eigenvalue weighted by atomic mass is 16.5. The molecule has 0 spiro atoms. The van der Waals surface area contributed by atoms with Crippen LogP contribution in [0.1, 0.15) is 38.2 Å². The van der Waals surface area contributed by atoms with Gasteiger partial charge in [0.1, 0.15) is 5.75 Å². The maximum Gasteiger partial charge on any atom is 0.127 e. The SMILES string of the molecule is CC1CCC(Oc2ccc(CN)c3ccccc23)CC1. The predicted molar refractivity (Wildman–Crippen MR) is 83.9 cm³/mol. The van der Waals surface area contributed by atoms with E-state index in [2.05, 4.69) is 43.3 Å². The third-order valence-corrected chi connectivity index (χ3v) is 4.45. The van der Waals surface area contributed by atoms with Crippen LogP contribution in [0.5, 0.6) is 5.75 Å². The summed E-state index contributed by atoms with van der Waals surface area (Å²) in [6.07, 6.45) is 5.29. The lowest BCUT2D eigenvalue weighted by molar-refractivity contribution is 0.137. The Labute approximate surface area is 120 Å². The molecule has 2 N–H and O–H groups in total. The molecule has 2 heteroatoms. The molecule has 20 heavy (non-hydrogen) atoms. The number of fused-ring (bicyclic) bond motifs is 1. The van der Waals surface area contributed by atoms with Gasteiger partial charge in [-0.05, 0) is 48.6 Å². The van der Waals surface area contributed by atoms with E-state index in [1.807, 2.05) is 0 Å². The van der Waals surface area contributed by atoms with Crippen molar-refractivity contribution in [3.05, 3.63) is 42.0 Å². The summed E-state index contributed by atoms with van der Waals surface area (Å²) >= 11 is 0. The van der Waals surface area contributed by atoms with Crippen LogP contribution < -0.4 is 10.5 Å². The topological polar surface area (TPSA) is 35.2 Å². The molecule has 2 nitrogen and oxygen atoms in total. The largest absolute Gasteiger partial charge is 0.490 e. The van der Waals surface area contributed by atoms with Crippen molar-refractivity contribution in [3.63, 3.8) is 0 Å². The molecule has 2 aromatic carbocycles. The summed E-state index contributed by atoms with van der Waals surface area (Å²) in [7, 11) is 0. The highest BCUT2D eigenvalue weighted by Crippen LogP contribution is 2.32. The molecule has 0 radical (unpaired) electrons. The van der Waals surface area contributed by atoms with Crippen molar-refractivity contribution in [3.8, 4) is 5.75 Å². The van der Waals surface area contributed by atoms with E-state index in [-0.39, 0.29) is 0 Å². The molecule has 106 valence electrons. The molecular weight excluding hydrogens is 246 g/mol. The van der Waals surface area contributed by atoms with Gasteiger partial charge >= 0.3 is 0 Å². The van der Waals surface area contributed by atoms with Gasteiger partial charge in [-0.3, -0.25) is 0 Å². The number of benzene rings is 2. The summed E-state index contributed by atoms with van der Waals surface area (Å²) < 4.78 is 6.28. The fourth-order valence-corrected chi connectivity index (χ4v) is 3.14. The Bertz CT molecular complexity index is 585. The van der Waals surface area contributed by atoms with Gasteiger partial charge in [0.15, 0.2) is 0 Å². The summed E-state index contributed by atoms with van der Waals surface area (Å²) in [5.74, 6) is 1.86. The number of rotatable bonds is 3.